The lowest BCUT2D eigenvalue weighted by Gasteiger charge is -2.02. The van der Waals surface area contributed by atoms with Gasteiger partial charge in [-0.1, -0.05) is 24.3 Å². The number of hydrogen-bond donors (Lipinski definition) is 1. The number of rotatable bonds is 4. The molecule has 120 valence electrons. The van der Waals surface area contributed by atoms with E-state index < -0.39 is 0 Å². The molecule has 0 amide bonds. The summed E-state index contributed by atoms with van der Waals surface area (Å²) in [5, 5.41) is 9.67. The van der Waals surface area contributed by atoms with E-state index in [1.165, 1.54) is 21.8 Å². The van der Waals surface area contributed by atoms with Gasteiger partial charge < -0.3 is 4.57 Å². The van der Waals surface area contributed by atoms with E-state index in [0.717, 1.165) is 22.9 Å². The average Bonchev–Trinajstić information content (AvgIpc) is 3.15. The summed E-state index contributed by atoms with van der Waals surface area (Å²) >= 11 is 1.56. The number of fused-ring (bicyclic) bond motifs is 3. The largest absolute Gasteiger partial charge is 0.341 e. The van der Waals surface area contributed by atoms with E-state index >= 15 is 0 Å². The van der Waals surface area contributed by atoms with Crippen LogP contribution >= 0.6 is 11.3 Å². The van der Waals surface area contributed by atoms with Gasteiger partial charge in [-0.3, -0.25) is 5.43 Å². The number of thiazole rings is 1. The second-order valence-electron chi connectivity index (χ2n) is 5.70. The highest BCUT2D eigenvalue weighted by Crippen LogP contribution is 2.29. The number of benzene rings is 2. The number of nitrogens with one attached hydrogen (secondary N) is 1. The van der Waals surface area contributed by atoms with Crippen molar-refractivity contribution in [2.45, 2.75) is 20.4 Å². The lowest BCUT2D eigenvalue weighted by molar-refractivity contribution is 0.827. The summed E-state index contributed by atoms with van der Waals surface area (Å²) < 4.78 is 2.35. The Morgan fingerprint density at radius 3 is 2.79 bits per heavy atom. The maximum Gasteiger partial charge on any atom is 0.203 e. The monoisotopic (exact) mass is 334 g/mol. The van der Waals surface area contributed by atoms with Crippen molar-refractivity contribution in [3.8, 4) is 0 Å². The second-order valence-corrected chi connectivity index (χ2v) is 6.56. The Morgan fingerprint density at radius 2 is 2.00 bits per heavy atom. The number of anilines is 1. The summed E-state index contributed by atoms with van der Waals surface area (Å²) in [5.41, 5.74) is 7.61. The first-order valence-corrected chi connectivity index (χ1v) is 8.86. The van der Waals surface area contributed by atoms with Crippen molar-refractivity contribution >= 4 is 44.5 Å². The maximum absolute atomic E-state index is 4.34. The van der Waals surface area contributed by atoms with Crippen LogP contribution in [0.3, 0.4) is 0 Å². The minimum absolute atomic E-state index is 0.812. The van der Waals surface area contributed by atoms with E-state index in [9.17, 15) is 0 Å². The van der Waals surface area contributed by atoms with Gasteiger partial charge in [-0.25, -0.2) is 4.98 Å². The first kappa shape index (κ1) is 14.9. The average molecular weight is 334 g/mol. The quantitative estimate of drug-likeness (QED) is 0.420. The molecule has 0 saturated heterocycles. The Morgan fingerprint density at radius 1 is 1.17 bits per heavy atom. The van der Waals surface area contributed by atoms with Gasteiger partial charge >= 0.3 is 0 Å². The van der Waals surface area contributed by atoms with Crippen molar-refractivity contribution < 1.29 is 0 Å². The van der Waals surface area contributed by atoms with Crippen LogP contribution in [0.4, 0.5) is 5.13 Å². The van der Waals surface area contributed by atoms with E-state index in [1.54, 1.807) is 11.3 Å². The van der Waals surface area contributed by atoms with Crippen molar-refractivity contribution in [3.05, 3.63) is 59.1 Å². The van der Waals surface area contributed by atoms with Gasteiger partial charge in [0.25, 0.3) is 0 Å². The zero-order valence-corrected chi connectivity index (χ0v) is 14.5. The highest BCUT2D eigenvalue weighted by molar-refractivity contribution is 7.13. The lowest BCUT2D eigenvalue weighted by Crippen LogP contribution is -1.93. The van der Waals surface area contributed by atoms with Gasteiger partial charge in [0.05, 0.1) is 11.9 Å². The Hall–Kier alpha value is -2.66. The van der Waals surface area contributed by atoms with Gasteiger partial charge in [0.15, 0.2) is 0 Å². The minimum atomic E-state index is 0.812. The predicted octanol–water partition coefficient (Wildman–Crippen LogP) is 5.03. The number of aromatic nitrogens is 2. The Labute approximate surface area is 144 Å². The number of hydrogen-bond acceptors (Lipinski definition) is 4. The molecule has 2 aromatic heterocycles. The molecule has 0 atom stereocenters. The van der Waals surface area contributed by atoms with Crippen LogP contribution in [0.5, 0.6) is 0 Å². The molecule has 5 heteroatoms. The van der Waals surface area contributed by atoms with Crippen molar-refractivity contribution in [1.29, 1.82) is 0 Å². The van der Waals surface area contributed by atoms with Crippen molar-refractivity contribution in [2.24, 2.45) is 5.10 Å². The number of nitrogens with zero attached hydrogens (tertiary/aromatic N) is 3. The molecule has 4 rings (SSSR count). The summed E-state index contributed by atoms with van der Waals surface area (Å²) in [6, 6.07) is 15.0. The molecule has 0 bridgehead atoms. The second kappa shape index (κ2) is 6.09. The molecular formula is C19H18N4S. The Kier molecular flexibility index (Phi) is 3.78. The maximum atomic E-state index is 4.34. The third-order valence-electron chi connectivity index (χ3n) is 4.11. The number of para-hydroxylation sites is 1. The van der Waals surface area contributed by atoms with Crippen molar-refractivity contribution in [1.82, 2.24) is 9.55 Å². The molecule has 2 aromatic carbocycles. The summed E-state index contributed by atoms with van der Waals surface area (Å²) in [4.78, 5) is 4.34. The van der Waals surface area contributed by atoms with Gasteiger partial charge in [-0.05, 0) is 37.6 Å². The van der Waals surface area contributed by atoms with Crippen LogP contribution in [0.25, 0.3) is 21.8 Å². The first-order valence-electron chi connectivity index (χ1n) is 7.98. The van der Waals surface area contributed by atoms with Gasteiger partial charge in [0, 0.05) is 33.7 Å². The Bertz CT molecular complexity index is 1040. The summed E-state index contributed by atoms with van der Waals surface area (Å²) in [6.45, 7) is 5.12. The zero-order valence-electron chi connectivity index (χ0n) is 13.7. The van der Waals surface area contributed by atoms with Gasteiger partial charge in [-0.15, -0.1) is 11.3 Å². The molecule has 2 heterocycles. The third kappa shape index (κ3) is 2.57. The smallest absolute Gasteiger partial charge is 0.203 e. The van der Waals surface area contributed by atoms with Crippen LogP contribution in [-0.2, 0) is 6.54 Å². The van der Waals surface area contributed by atoms with E-state index in [-0.39, 0.29) is 0 Å². The van der Waals surface area contributed by atoms with Gasteiger partial charge in [0.2, 0.25) is 5.13 Å². The summed E-state index contributed by atoms with van der Waals surface area (Å²) in [5.74, 6) is 0. The van der Waals surface area contributed by atoms with Crippen LogP contribution in [0.1, 0.15) is 18.2 Å². The third-order valence-corrected chi connectivity index (χ3v) is 4.97. The molecule has 0 fully saturated rings. The fraction of sp³-hybridized carbons (Fsp3) is 0.158. The van der Waals surface area contributed by atoms with Gasteiger partial charge in [0.1, 0.15) is 0 Å². The first-order chi connectivity index (χ1) is 11.8. The summed E-state index contributed by atoms with van der Waals surface area (Å²) in [7, 11) is 0. The molecule has 0 unspecified atom stereocenters. The molecule has 24 heavy (non-hydrogen) atoms. The number of hydrazone groups is 1. The van der Waals surface area contributed by atoms with E-state index in [2.05, 4.69) is 69.5 Å². The Balaban J connectivity index is 1.71. The fourth-order valence-corrected chi connectivity index (χ4v) is 3.70. The van der Waals surface area contributed by atoms with E-state index in [1.807, 2.05) is 18.5 Å². The molecule has 4 aromatic rings. The van der Waals surface area contributed by atoms with Crippen LogP contribution in [-0.4, -0.2) is 15.8 Å². The zero-order chi connectivity index (χ0) is 16.5. The minimum Gasteiger partial charge on any atom is -0.341 e. The molecule has 0 spiro atoms. The topological polar surface area (TPSA) is 42.2 Å². The van der Waals surface area contributed by atoms with E-state index in [0.29, 0.717) is 0 Å². The molecular weight excluding hydrogens is 316 g/mol. The molecule has 0 aliphatic carbocycles. The van der Waals surface area contributed by atoms with Gasteiger partial charge in [-0.2, -0.15) is 5.10 Å². The standard InChI is InChI=1S/C19H18N4S/c1-3-23-17-7-5-4-6-15(17)16-10-14(8-9-18(16)23)11-20-22-19-21-13(2)12-24-19/h4-12H,3H2,1-2H3,(H,21,22). The molecule has 0 aliphatic heterocycles. The van der Waals surface area contributed by atoms with Crippen molar-refractivity contribution in [3.63, 3.8) is 0 Å². The summed E-state index contributed by atoms with van der Waals surface area (Å²) in [6.07, 6.45) is 1.84. The molecule has 0 saturated carbocycles. The molecule has 4 nitrogen and oxygen atoms in total. The fourth-order valence-electron chi connectivity index (χ4n) is 3.06. The predicted molar refractivity (Wildman–Crippen MR) is 103 cm³/mol. The van der Waals surface area contributed by atoms with Crippen LogP contribution in [0, 0.1) is 6.92 Å². The lowest BCUT2D eigenvalue weighted by atomic mass is 10.1. The highest BCUT2D eigenvalue weighted by atomic mass is 32.1. The van der Waals surface area contributed by atoms with E-state index in [4.69, 9.17) is 0 Å². The van der Waals surface area contributed by atoms with Crippen LogP contribution in [0.15, 0.2) is 52.9 Å². The van der Waals surface area contributed by atoms with Crippen LogP contribution < -0.4 is 5.43 Å². The van der Waals surface area contributed by atoms with Crippen LogP contribution in [0.2, 0.25) is 0 Å². The van der Waals surface area contributed by atoms with Crippen molar-refractivity contribution in [2.75, 3.05) is 5.43 Å². The number of aryl methyl sites for hydroxylation is 2. The molecule has 1 N–H and O–H groups in total. The molecule has 0 radical (unpaired) electrons. The molecule has 0 aliphatic rings. The highest BCUT2D eigenvalue weighted by Gasteiger charge is 2.08. The normalized spacial score (nSPS) is 11.8. The SMILES string of the molecule is CCn1c2ccccc2c2cc(C=NNc3nc(C)cs3)ccc21.